The number of hydrogen-bond acceptors (Lipinski definition) is 3. The van der Waals surface area contributed by atoms with E-state index in [1.54, 1.807) is 36.4 Å². The first-order chi connectivity index (χ1) is 10.1. The number of nitrogens with one attached hydrogen (secondary N) is 1. The van der Waals surface area contributed by atoms with Gasteiger partial charge in [0.25, 0.3) is 5.91 Å². The predicted octanol–water partition coefficient (Wildman–Crippen LogP) is 3.27. The molecule has 2 aromatic rings. The third-order valence-corrected chi connectivity index (χ3v) is 3.41. The lowest BCUT2D eigenvalue weighted by Gasteiger charge is -2.09. The number of carbonyl (C=O) groups excluding carboxylic acids is 1. The molecule has 0 aliphatic rings. The van der Waals surface area contributed by atoms with Crippen molar-refractivity contribution in [2.24, 2.45) is 0 Å². The standard InChI is InChI=1S/C16H16ClNO3/c1-11-3-2-4-14(15(11)17)16(20)18-12-5-7-13(8-6-12)21-10-9-19/h2-8,19H,9-10H2,1H3,(H,18,20). The lowest BCUT2D eigenvalue weighted by Crippen LogP contribution is -2.12. The van der Waals surface area contributed by atoms with Gasteiger partial charge in [0.1, 0.15) is 12.4 Å². The molecule has 0 saturated carbocycles. The van der Waals surface area contributed by atoms with Crippen LogP contribution in [0.4, 0.5) is 5.69 Å². The van der Waals surface area contributed by atoms with E-state index in [-0.39, 0.29) is 19.1 Å². The second-order valence-electron chi connectivity index (χ2n) is 4.49. The van der Waals surface area contributed by atoms with Crippen molar-refractivity contribution in [1.29, 1.82) is 0 Å². The number of hydrogen-bond donors (Lipinski definition) is 2. The third-order valence-electron chi connectivity index (χ3n) is 2.91. The molecule has 2 N–H and O–H groups in total. The van der Waals surface area contributed by atoms with Crippen molar-refractivity contribution in [3.63, 3.8) is 0 Å². The molecule has 0 aliphatic carbocycles. The molecule has 0 unspecified atom stereocenters. The minimum Gasteiger partial charge on any atom is -0.491 e. The van der Waals surface area contributed by atoms with Crippen LogP contribution in [0.5, 0.6) is 5.75 Å². The van der Waals surface area contributed by atoms with E-state index in [4.69, 9.17) is 21.4 Å². The first kappa shape index (κ1) is 15.4. The van der Waals surface area contributed by atoms with Crippen molar-refractivity contribution in [2.75, 3.05) is 18.5 Å². The Morgan fingerprint density at radius 3 is 2.62 bits per heavy atom. The zero-order valence-corrected chi connectivity index (χ0v) is 12.4. The van der Waals surface area contributed by atoms with Gasteiger partial charge >= 0.3 is 0 Å². The lowest BCUT2D eigenvalue weighted by molar-refractivity contribution is 0.102. The molecular formula is C16H16ClNO3. The Bertz CT molecular complexity index is 626. The minimum absolute atomic E-state index is 0.0374. The van der Waals surface area contributed by atoms with Gasteiger partial charge in [0, 0.05) is 5.69 Å². The van der Waals surface area contributed by atoms with Crippen molar-refractivity contribution in [1.82, 2.24) is 0 Å². The van der Waals surface area contributed by atoms with Crippen molar-refractivity contribution in [3.05, 3.63) is 58.6 Å². The van der Waals surface area contributed by atoms with Gasteiger partial charge in [0.2, 0.25) is 0 Å². The summed E-state index contributed by atoms with van der Waals surface area (Å²) in [6, 6.07) is 12.2. The molecular weight excluding hydrogens is 290 g/mol. The van der Waals surface area contributed by atoms with Gasteiger partial charge in [-0.05, 0) is 42.8 Å². The van der Waals surface area contributed by atoms with Crippen LogP contribution in [0.15, 0.2) is 42.5 Å². The van der Waals surface area contributed by atoms with E-state index in [0.29, 0.717) is 22.0 Å². The third kappa shape index (κ3) is 3.97. The Labute approximate surface area is 128 Å². The maximum Gasteiger partial charge on any atom is 0.257 e. The van der Waals surface area contributed by atoms with Crippen LogP contribution < -0.4 is 10.1 Å². The Hall–Kier alpha value is -2.04. The van der Waals surface area contributed by atoms with Gasteiger partial charge in [-0.15, -0.1) is 0 Å². The first-order valence-corrected chi connectivity index (χ1v) is 6.90. The predicted molar refractivity (Wildman–Crippen MR) is 83.2 cm³/mol. The molecule has 110 valence electrons. The second kappa shape index (κ2) is 7.11. The van der Waals surface area contributed by atoms with Gasteiger partial charge < -0.3 is 15.2 Å². The number of halogens is 1. The van der Waals surface area contributed by atoms with Crippen LogP contribution in [-0.4, -0.2) is 24.2 Å². The summed E-state index contributed by atoms with van der Waals surface area (Å²) in [6.45, 7) is 2.06. The Kier molecular flexibility index (Phi) is 5.20. The summed E-state index contributed by atoms with van der Waals surface area (Å²) in [7, 11) is 0. The van der Waals surface area contributed by atoms with E-state index in [2.05, 4.69) is 5.32 Å². The van der Waals surface area contributed by atoms with E-state index >= 15 is 0 Å². The van der Waals surface area contributed by atoms with Gasteiger partial charge in [0.15, 0.2) is 0 Å². The summed E-state index contributed by atoms with van der Waals surface area (Å²) in [5.74, 6) is 0.378. The van der Waals surface area contributed by atoms with Crippen LogP contribution in [0.3, 0.4) is 0 Å². The topological polar surface area (TPSA) is 58.6 Å². The maximum absolute atomic E-state index is 12.2. The highest BCUT2D eigenvalue weighted by molar-refractivity contribution is 6.35. The summed E-state index contributed by atoms with van der Waals surface area (Å²) in [4.78, 5) is 12.2. The Morgan fingerprint density at radius 2 is 1.95 bits per heavy atom. The molecule has 0 aromatic heterocycles. The molecule has 5 heteroatoms. The molecule has 0 aliphatic heterocycles. The van der Waals surface area contributed by atoms with Crippen molar-refractivity contribution in [2.45, 2.75) is 6.92 Å². The highest BCUT2D eigenvalue weighted by Crippen LogP contribution is 2.22. The lowest BCUT2D eigenvalue weighted by atomic mass is 10.1. The van der Waals surface area contributed by atoms with E-state index in [1.807, 2.05) is 13.0 Å². The van der Waals surface area contributed by atoms with Gasteiger partial charge in [0.05, 0.1) is 17.2 Å². The van der Waals surface area contributed by atoms with E-state index in [9.17, 15) is 4.79 Å². The number of benzene rings is 2. The first-order valence-electron chi connectivity index (χ1n) is 6.52. The van der Waals surface area contributed by atoms with Crippen LogP contribution in [0.1, 0.15) is 15.9 Å². The molecule has 21 heavy (non-hydrogen) atoms. The largest absolute Gasteiger partial charge is 0.491 e. The van der Waals surface area contributed by atoms with Gasteiger partial charge in [-0.2, -0.15) is 0 Å². The van der Waals surface area contributed by atoms with E-state index < -0.39 is 0 Å². The second-order valence-corrected chi connectivity index (χ2v) is 4.86. The molecule has 2 aromatic carbocycles. The number of ether oxygens (including phenoxy) is 1. The molecule has 2 rings (SSSR count). The molecule has 0 fully saturated rings. The smallest absolute Gasteiger partial charge is 0.257 e. The summed E-state index contributed by atoms with van der Waals surface area (Å²) in [5, 5.41) is 11.9. The molecule has 0 saturated heterocycles. The zero-order valence-electron chi connectivity index (χ0n) is 11.6. The molecule has 0 heterocycles. The molecule has 4 nitrogen and oxygen atoms in total. The van der Waals surface area contributed by atoms with E-state index in [1.165, 1.54) is 0 Å². The fourth-order valence-electron chi connectivity index (χ4n) is 1.82. The monoisotopic (exact) mass is 305 g/mol. The normalized spacial score (nSPS) is 10.2. The number of aryl methyl sites for hydroxylation is 1. The SMILES string of the molecule is Cc1cccc(C(=O)Nc2ccc(OCCO)cc2)c1Cl. The summed E-state index contributed by atoms with van der Waals surface area (Å²) >= 11 is 6.13. The summed E-state index contributed by atoms with van der Waals surface area (Å²) in [6.07, 6.45) is 0. The average molecular weight is 306 g/mol. The van der Waals surface area contributed by atoms with Crippen molar-refractivity contribution in [3.8, 4) is 5.75 Å². The fraction of sp³-hybridized carbons (Fsp3) is 0.188. The summed E-state index contributed by atoms with van der Waals surface area (Å²) < 4.78 is 5.25. The quantitative estimate of drug-likeness (QED) is 0.891. The highest BCUT2D eigenvalue weighted by Gasteiger charge is 2.11. The fourth-order valence-corrected chi connectivity index (χ4v) is 2.03. The summed E-state index contributed by atoms with van der Waals surface area (Å²) in [5.41, 5.74) is 1.95. The number of carbonyl (C=O) groups is 1. The van der Waals surface area contributed by atoms with Crippen LogP contribution in [-0.2, 0) is 0 Å². The molecule has 1 amide bonds. The highest BCUT2D eigenvalue weighted by atomic mass is 35.5. The Morgan fingerprint density at radius 1 is 1.24 bits per heavy atom. The van der Waals surface area contributed by atoms with Crippen LogP contribution in [0.2, 0.25) is 5.02 Å². The number of aliphatic hydroxyl groups excluding tert-OH is 1. The number of rotatable bonds is 5. The van der Waals surface area contributed by atoms with Gasteiger partial charge in [-0.1, -0.05) is 23.7 Å². The minimum atomic E-state index is -0.257. The average Bonchev–Trinajstić information content (AvgIpc) is 2.49. The molecule has 0 atom stereocenters. The maximum atomic E-state index is 12.2. The molecule has 0 radical (unpaired) electrons. The van der Waals surface area contributed by atoms with Crippen molar-refractivity contribution < 1.29 is 14.6 Å². The number of anilines is 1. The molecule has 0 bridgehead atoms. The van der Waals surface area contributed by atoms with Crippen LogP contribution >= 0.6 is 11.6 Å². The number of aliphatic hydroxyl groups is 1. The van der Waals surface area contributed by atoms with Gasteiger partial charge in [-0.3, -0.25) is 4.79 Å². The zero-order chi connectivity index (χ0) is 15.2. The van der Waals surface area contributed by atoms with Crippen LogP contribution in [0.25, 0.3) is 0 Å². The molecule has 0 spiro atoms. The van der Waals surface area contributed by atoms with Gasteiger partial charge in [-0.25, -0.2) is 0 Å². The Balaban J connectivity index is 2.07. The number of amides is 1. The van der Waals surface area contributed by atoms with Crippen LogP contribution in [0, 0.1) is 6.92 Å². The van der Waals surface area contributed by atoms with Crippen molar-refractivity contribution >= 4 is 23.2 Å². The van der Waals surface area contributed by atoms with E-state index in [0.717, 1.165) is 5.56 Å².